The van der Waals surface area contributed by atoms with Crippen LogP contribution in [0.2, 0.25) is 0 Å². The van der Waals surface area contributed by atoms with Crippen molar-refractivity contribution in [3.8, 4) is 11.5 Å². The quantitative estimate of drug-likeness (QED) is 0.675. The van der Waals surface area contributed by atoms with Crippen LogP contribution in [0.4, 0.5) is 0 Å². The minimum absolute atomic E-state index is 0.0426. The van der Waals surface area contributed by atoms with Gasteiger partial charge in [-0.25, -0.2) is 0 Å². The van der Waals surface area contributed by atoms with Gasteiger partial charge in [0.1, 0.15) is 17.3 Å². The van der Waals surface area contributed by atoms with E-state index in [1.165, 1.54) is 0 Å². The van der Waals surface area contributed by atoms with Gasteiger partial charge in [0, 0.05) is 10.7 Å². The molecule has 0 amide bonds. The third kappa shape index (κ3) is 2.51. The van der Waals surface area contributed by atoms with Gasteiger partial charge in [-0.15, -0.1) is 0 Å². The summed E-state index contributed by atoms with van der Waals surface area (Å²) in [6, 6.07) is 9.05. The van der Waals surface area contributed by atoms with Gasteiger partial charge in [0.05, 0.1) is 11.3 Å². The number of hydrogen-bond donors (Lipinski definition) is 2. The molecule has 0 unspecified atom stereocenters. The Bertz CT molecular complexity index is 599. The largest absolute Gasteiger partial charge is 0.455 e. The van der Waals surface area contributed by atoms with Gasteiger partial charge in [-0.1, -0.05) is 6.07 Å². The molecule has 0 aliphatic carbocycles. The number of rotatable bonds is 3. The zero-order chi connectivity index (χ0) is 13.1. The first kappa shape index (κ1) is 12.6. The van der Waals surface area contributed by atoms with Gasteiger partial charge in [-0.05, 0) is 47.1 Å². The maximum absolute atomic E-state index is 7.59. The summed E-state index contributed by atoms with van der Waals surface area (Å²) >= 11 is 3.36. The Morgan fingerprint density at radius 1 is 1.28 bits per heavy atom. The molecule has 0 spiro atoms. The molecular formula is C13H12BrN3O. The number of nitrogens with zero attached hydrogens (tertiary/aromatic N) is 1. The molecule has 3 N–H and O–H groups in total. The Morgan fingerprint density at radius 2 is 2.00 bits per heavy atom. The van der Waals surface area contributed by atoms with Crippen LogP contribution >= 0.6 is 15.9 Å². The second kappa shape index (κ2) is 5.18. The molecule has 2 rings (SSSR count). The van der Waals surface area contributed by atoms with E-state index in [0.717, 1.165) is 10.2 Å². The number of ether oxygens (including phenoxy) is 1. The average Bonchev–Trinajstić information content (AvgIpc) is 2.31. The molecule has 0 fully saturated rings. The van der Waals surface area contributed by atoms with Crippen LogP contribution in [0.1, 0.15) is 11.3 Å². The lowest BCUT2D eigenvalue weighted by atomic mass is 10.2. The Morgan fingerprint density at radius 3 is 2.67 bits per heavy atom. The van der Waals surface area contributed by atoms with Crippen LogP contribution in [0.3, 0.4) is 0 Å². The third-order valence-electron chi connectivity index (χ3n) is 2.42. The summed E-state index contributed by atoms with van der Waals surface area (Å²) < 4.78 is 6.50. The van der Waals surface area contributed by atoms with E-state index in [1.807, 2.05) is 25.1 Å². The van der Waals surface area contributed by atoms with E-state index in [-0.39, 0.29) is 5.84 Å². The molecule has 5 heteroatoms. The van der Waals surface area contributed by atoms with Crippen molar-refractivity contribution in [3.05, 3.63) is 52.3 Å². The number of benzene rings is 1. The lowest BCUT2D eigenvalue weighted by molar-refractivity contribution is 0.474. The minimum Gasteiger partial charge on any atom is -0.455 e. The van der Waals surface area contributed by atoms with Crippen LogP contribution in [0.5, 0.6) is 11.5 Å². The molecule has 1 aromatic carbocycles. The topological polar surface area (TPSA) is 72.0 Å². The molecule has 0 saturated heterocycles. The van der Waals surface area contributed by atoms with E-state index in [0.29, 0.717) is 17.1 Å². The van der Waals surface area contributed by atoms with Gasteiger partial charge in [0.15, 0.2) is 0 Å². The third-order valence-corrected chi connectivity index (χ3v) is 3.08. The van der Waals surface area contributed by atoms with E-state index in [4.69, 9.17) is 15.9 Å². The normalized spacial score (nSPS) is 10.1. The van der Waals surface area contributed by atoms with Crippen LogP contribution in [-0.4, -0.2) is 10.8 Å². The fraction of sp³-hybridized carbons (Fsp3) is 0.0769. The summed E-state index contributed by atoms with van der Waals surface area (Å²) in [5.41, 5.74) is 6.89. The van der Waals surface area contributed by atoms with Gasteiger partial charge < -0.3 is 10.5 Å². The van der Waals surface area contributed by atoms with Gasteiger partial charge in [-0.2, -0.15) is 0 Å². The maximum Gasteiger partial charge on any atom is 0.148 e. The molecule has 0 bridgehead atoms. The number of pyridine rings is 1. The molecule has 1 heterocycles. The number of aromatic nitrogens is 1. The first-order chi connectivity index (χ1) is 8.59. The zero-order valence-corrected chi connectivity index (χ0v) is 11.4. The van der Waals surface area contributed by atoms with Gasteiger partial charge in [-0.3, -0.25) is 10.4 Å². The molecule has 2 aromatic rings. The average molecular weight is 306 g/mol. The molecule has 0 atom stereocenters. The molecule has 4 nitrogen and oxygen atoms in total. The number of amidine groups is 1. The summed E-state index contributed by atoms with van der Waals surface area (Å²) in [5.74, 6) is 1.14. The van der Waals surface area contributed by atoms with Crippen molar-refractivity contribution in [1.82, 2.24) is 4.98 Å². The summed E-state index contributed by atoms with van der Waals surface area (Å²) in [6.07, 6.45) is 1.70. The standard InChI is InChI=1S/C13H12BrN3O/c1-8-10(6-3-7-17-8)18-11-5-2-4-9(14)12(11)13(15)16/h2-7H,1H3,(H3,15,16). The molecule has 0 aliphatic heterocycles. The Balaban J connectivity index is 2.44. The van der Waals surface area contributed by atoms with Crippen LogP contribution in [0, 0.1) is 12.3 Å². The smallest absolute Gasteiger partial charge is 0.148 e. The van der Waals surface area contributed by atoms with Crippen molar-refractivity contribution in [3.63, 3.8) is 0 Å². The fourth-order valence-electron chi connectivity index (χ4n) is 1.55. The van der Waals surface area contributed by atoms with E-state index < -0.39 is 0 Å². The highest BCUT2D eigenvalue weighted by molar-refractivity contribution is 9.10. The van der Waals surface area contributed by atoms with Crippen LogP contribution < -0.4 is 10.5 Å². The van der Waals surface area contributed by atoms with Crippen molar-refractivity contribution in [1.29, 1.82) is 5.41 Å². The van der Waals surface area contributed by atoms with Crippen LogP contribution in [0.25, 0.3) is 0 Å². The lowest BCUT2D eigenvalue weighted by Crippen LogP contribution is -2.13. The predicted molar refractivity (Wildman–Crippen MR) is 74.2 cm³/mol. The van der Waals surface area contributed by atoms with Crippen molar-refractivity contribution in [2.75, 3.05) is 0 Å². The summed E-state index contributed by atoms with van der Waals surface area (Å²) in [7, 11) is 0. The van der Waals surface area contributed by atoms with E-state index in [1.54, 1.807) is 18.3 Å². The molecular weight excluding hydrogens is 294 g/mol. The van der Waals surface area contributed by atoms with Crippen molar-refractivity contribution in [2.45, 2.75) is 6.92 Å². The zero-order valence-electron chi connectivity index (χ0n) is 9.77. The summed E-state index contributed by atoms with van der Waals surface area (Å²) in [5, 5.41) is 7.59. The van der Waals surface area contributed by atoms with Crippen molar-refractivity contribution >= 4 is 21.8 Å². The summed E-state index contributed by atoms with van der Waals surface area (Å²) in [4.78, 5) is 4.15. The Labute approximate surface area is 113 Å². The second-order valence-corrected chi connectivity index (χ2v) is 4.57. The van der Waals surface area contributed by atoms with Crippen LogP contribution in [0.15, 0.2) is 41.0 Å². The van der Waals surface area contributed by atoms with E-state index >= 15 is 0 Å². The Kier molecular flexibility index (Phi) is 3.62. The SMILES string of the molecule is Cc1ncccc1Oc1cccc(Br)c1C(=N)N. The first-order valence-electron chi connectivity index (χ1n) is 5.32. The molecule has 92 valence electrons. The number of hydrogen-bond acceptors (Lipinski definition) is 3. The van der Waals surface area contributed by atoms with Crippen molar-refractivity contribution < 1.29 is 4.74 Å². The molecule has 1 aromatic heterocycles. The number of halogens is 1. The van der Waals surface area contributed by atoms with E-state index in [9.17, 15) is 0 Å². The molecule has 18 heavy (non-hydrogen) atoms. The first-order valence-corrected chi connectivity index (χ1v) is 6.11. The highest BCUT2D eigenvalue weighted by Crippen LogP contribution is 2.31. The number of nitrogen functional groups attached to an aromatic ring is 1. The van der Waals surface area contributed by atoms with Crippen molar-refractivity contribution in [2.24, 2.45) is 5.73 Å². The number of aryl methyl sites for hydroxylation is 1. The highest BCUT2D eigenvalue weighted by Gasteiger charge is 2.12. The van der Waals surface area contributed by atoms with Gasteiger partial charge in [0.2, 0.25) is 0 Å². The molecule has 0 aliphatic rings. The maximum atomic E-state index is 7.59. The van der Waals surface area contributed by atoms with Gasteiger partial charge >= 0.3 is 0 Å². The number of nitrogens with one attached hydrogen (secondary N) is 1. The predicted octanol–water partition coefficient (Wildman–Crippen LogP) is 3.23. The lowest BCUT2D eigenvalue weighted by Gasteiger charge is -2.12. The van der Waals surface area contributed by atoms with Gasteiger partial charge in [0.25, 0.3) is 0 Å². The second-order valence-electron chi connectivity index (χ2n) is 3.72. The molecule has 0 saturated carbocycles. The monoisotopic (exact) mass is 305 g/mol. The minimum atomic E-state index is -0.0426. The molecule has 0 radical (unpaired) electrons. The fourth-order valence-corrected chi connectivity index (χ4v) is 2.11. The van der Waals surface area contributed by atoms with E-state index in [2.05, 4.69) is 20.9 Å². The summed E-state index contributed by atoms with van der Waals surface area (Å²) in [6.45, 7) is 1.86. The van der Waals surface area contributed by atoms with Crippen LogP contribution in [-0.2, 0) is 0 Å². The highest BCUT2D eigenvalue weighted by atomic mass is 79.9. The Hall–Kier alpha value is -1.88. The number of nitrogens with two attached hydrogens (primary N) is 1.